The largest absolute Gasteiger partial charge is 0.491 e. The van der Waals surface area contributed by atoms with Crippen molar-refractivity contribution in [3.8, 4) is 5.75 Å². The van der Waals surface area contributed by atoms with E-state index in [1.807, 2.05) is 36.5 Å². The topological polar surface area (TPSA) is 65.3 Å². The molecule has 2 aromatic heterocycles. The lowest BCUT2D eigenvalue weighted by Gasteiger charge is -2.33. The molecule has 34 heavy (non-hydrogen) atoms. The third-order valence-electron chi connectivity index (χ3n) is 6.50. The second kappa shape index (κ2) is 12.2. The van der Waals surface area contributed by atoms with Crippen molar-refractivity contribution in [2.24, 2.45) is 0 Å². The summed E-state index contributed by atoms with van der Waals surface area (Å²) in [6.07, 6.45) is 6.05. The zero-order chi connectivity index (χ0) is 21.9. The number of nitrogens with zero attached hydrogens (tertiary/aromatic N) is 4. The second-order valence-corrected chi connectivity index (χ2v) is 9.32. The van der Waals surface area contributed by atoms with Crippen molar-refractivity contribution in [3.05, 3.63) is 66.1 Å². The van der Waals surface area contributed by atoms with E-state index in [2.05, 4.69) is 49.9 Å². The van der Waals surface area contributed by atoms with Crippen molar-refractivity contribution >= 4 is 30.5 Å². The molecule has 0 aliphatic carbocycles. The second-order valence-electron chi connectivity index (χ2n) is 9.32. The summed E-state index contributed by atoms with van der Waals surface area (Å²) in [7, 11) is 2.12. The van der Waals surface area contributed by atoms with Crippen LogP contribution in [-0.4, -0.2) is 75.8 Å². The number of ether oxygens (including phenoxy) is 1. The van der Waals surface area contributed by atoms with Crippen LogP contribution in [0.4, 0.5) is 0 Å². The summed E-state index contributed by atoms with van der Waals surface area (Å²) in [6.45, 7) is 4.74. The van der Waals surface area contributed by atoms with E-state index in [4.69, 9.17) is 4.74 Å². The number of piperazine rings is 1. The fourth-order valence-corrected chi connectivity index (χ4v) is 5.02. The first-order chi connectivity index (χ1) is 15.6. The zero-order valence-electron chi connectivity index (χ0n) is 19.5. The van der Waals surface area contributed by atoms with Gasteiger partial charge in [-0.15, -0.1) is 24.8 Å². The van der Waals surface area contributed by atoms with Gasteiger partial charge < -0.3 is 19.6 Å². The van der Waals surface area contributed by atoms with E-state index in [0.29, 0.717) is 25.2 Å². The highest BCUT2D eigenvalue weighted by Gasteiger charge is 2.32. The molecule has 1 unspecified atom stereocenters. The van der Waals surface area contributed by atoms with Crippen molar-refractivity contribution in [2.45, 2.75) is 44.1 Å². The minimum Gasteiger partial charge on any atom is -0.491 e. The van der Waals surface area contributed by atoms with Gasteiger partial charge in [0.1, 0.15) is 24.1 Å². The molecule has 2 N–H and O–H groups in total. The molecule has 186 valence electrons. The lowest BCUT2D eigenvalue weighted by molar-refractivity contribution is 0.0567. The molecular formula is C25H35Cl2N5O2. The van der Waals surface area contributed by atoms with Crippen LogP contribution in [0, 0.1) is 0 Å². The number of imidazole rings is 1. The first-order valence-electron chi connectivity index (χ1n) is 11.6. The lowest BCUT2D eigenvalue weighted by Crippen LogP contribution is -2.53. The van der Waals surface area contributed by atoms with Gasteiger partial charge in [0.15, 0.2) is 0 Å². The highest BCUT2D eigenvalue weighted by Crippen LogP contribution is 2.20. The number of β-amino-alcohol motifs (C(OH)–C–C–N with tert-alkyl or cyclic N) is 1. The standard InChI is InChI=1S/C25H33N5O2.2ClH/c1-28(16-22-12-26-25-4-2-3-11-30(22)25)13-19-5-9-24(10-6-19)32-18-23(31)17-29-14-20-7-8-21(15-29)27-20;;/h2-6,9-12,20-21,23,27,31H,7-8,13-18H2,1H3;2*1H/t20-,21+,23?;;. The highest BCUT2D eigenvalue weighted by atomic mass is 35.5. The van der Waals surface area contributed by atoms with E-state index in [0.717, 1.165) is 37.6 Å². The summed E-state index contributed by atoms with van der Waals surface area (Å²) in [5, 5.41) is 14.1. The van der Waals surface area contributed by atoms with E-state index in [1.54, 1.807) is 0 Å². The molecule has 0 radical (unpaired) electrons. The molecule has 2 bridgehead atoms. The van der Waals surface area contributed by atoms with Crippen molar-refractivity contribution in [3.63, 3.8) is 0 Å². The van der Waals surface area contributed by atoms with Gasteiger partial charge in [0.2, 0.25) is 0 Å². The number of aliphatic hydroxyl groups is 1. The van der Waals surface area contributed by atoms with Crippen LogP contribution in [-0.2, 0) is 13.1 Å². The minimum atomic E-state index is -0.469. The van der Waals surface area contributed by atoms with Gasteiger partial charge in [0.05, 0.1) is 11.9 Å². The number of aromatic nitrogens is 2. The Labute approximate surface area is 213 Å². The number of likely N-dealkylation sites (tertiary alicyclic amines) is 1. The first-order valence-corrected chi connectivity index (χ1v) is 11.6. The molecule has 3 aromatic rings. The molecule has 3 atom stereocenters. The SMILES string of the molecule is CN(Cc1ccc(OCC(O)CN2C[C@H]3CC[C@@H](C2)N3)cc1)Cc1cnc2ccccn12.Cl.Cl. The molecule has 4 heterocycles. The summed E-state index contributed by atoms with van der Waals surface area (Å²) < 4.78 is 7.98. The average molecular weight is 508 g/mol. The molecule has 9 heteroatoms. The Morgan fingerprint density at radius 3 is 2.56 bits per heavy atom. The van der Waals surface area contributed by atoms with E-state index in [1.165, 1.54) is 24.1 Å². The Bertz CT molecular complexity index is 1020. The van der Waals surface area contributed by atoms with Crippen LogP contribution in [0.3, 0.4) is 0 Å². The Morgan fingerprint density at radius 1 is 1.09 bits per heavy atom. The molecule has 7 nitrogen and oxygen atoms in total. The summed E-state index contributed by atoms with van der Waals surface area (Å²) in [4.78, 5) is 9.11. The lowest BCUT2D eigenvalue weighted by atomic mass is 10.2. The first kappa shape index (κ1) is 26.7. The van der Waals surface area contributed by atoms with Crippen LogP contribution < -0.4 is 10.1 Å². The number of aliphatic hydroxyl groups excluding tert-OH is 1. The van der Waals surface area contributed by atoms with Crippen LogP contribution in [0.2, 0.25) is 0 Å². The Balaban J connectivity index is 0.00000162. The quantitative estimate of drug-likeness (QED) is 0.464. The normalized spacial score (nSPS) is 20.7. The van der Waals surface area contributed by atoms with Gasteiger partial charge in [0, 0.05) is 51.0 Å². The van der Waals surface area contributed by atoms with E-state index in [9.17, 15) is 5.11 Å². The van der Waals surface area contributed by atoms with Crippen LogP contribution in [0.5, 0.6) is 5.75 Å². The molecule has 2 fully saturated rings. The van der Waals surface area contributed by atoms with Gasteiger partial charge in [-0.1, -0.05) is 18.2 Å². The van der Waals surface area contributed by atoms with Crippen LogP contribution in [0.15, 0.2) is 54.9 Å². The van der Waals surface area contributed by atoms with Crippen molar-refractivity contribution in [1.82, 2.24) is 24.5 Å². The molecule has 0 spiro atoms. The monoisotopic (exact) mass is 507 g/mol. The van der Waals surface area contributed by atoms with Gasteiger partial charge in [-0.25, -0.2) is 4.98 Å². The molecule has 0 saturated carbocycles. The number of benzene rings is 1. The molecule has 2 aliphatic heterocycles. The summed E-state index contributed by atoms with van der Waals surface area (Å²) >= 11 is 0. The van der Waals surface area contributed by atoms with Gasteiger partial charge in [0.25, 0.3) is 0 Å². The summed E-state index contributed by atoms with van der Waals surface area (Å²) in [6, 6.07) is 15.4. The number of halogens is 2. The smallest absolute Gasteiger partial charge is 0.136 e. The molecule has 5 rings (SSSR count). The predicted octanol–water partition coefficient (Wildman–Crippen LogP) is 2.99. The average Bonchev–Trinajstić information content (AvgIpc) is 3.35. The van der Waals surface area contributed by atoms with Gasteiger partial charge >= 0.3 is 0 Å². The molecular weight excluding hydrogens is 473 g/mol. The van der Waals surface area contributed by atoms with Gasteiger partial charge in [-0.05, 0) is 49.7 Å². The molecule has 2 aliphatic rings. The predicted molar refractivity (Wildman–Crippen MR) is 139 cm³/mol. The Hall–Kier alpha value is -1.87. The van der Waals surface area contributed by atoms with Crippen molar-refractivity contribution < 1.29 is 9.84 Å². The molecule has 1 aromatic carbocycles. The summed E-state index contributed by atoms with van der Waals surface area (Å²) in [5.41, 5.74) is 3.38. The Morgan fingerprint density at radius 2 is 1.82 bits per heavy atom. The van der Waals surface area contributed by atoms with Crippen LogP contribution in [0.1, 0.15) is 24.1 Å². The van der Waals surface area contributed by atoms with Crippen LogP contribution >= 0.6 is 24.8 Å². The maximum Gasteiger partial charge on any atom is 0.136 e. The number of pyridine rings is 1. The molecule has 0 amide bonds. The molecule has 2 saturated heterocycles. The fraction of sp³-hybridized carbons (Fsp3) is 0.480. The number of rotatable bonds is 9. The number of hydrogen-bond acceptors (Lipinski definition) is 6. The number of hydrogen-bond donors (Lipinski definition) is 2. The van der Waals surface area contributed by atoms with Gasteiger partial charge in [-0.2, -0.15) is 0 Å². The minimum absolute atomic E-state index is 0. The zero-order valence-corrected chi connectivity index (χ0v) is 21.2. The van der Waals surface area contributed by atoms with Crippen molar-refractivity contribution in [1.29, 1.82) is 0 Å². The third-order valence-corrected chi connectivity index (χ3v) is 6.50. The Kier molecular flexibility index (Phi) is 9.59. The van der Waals surface area contributed by atoms with E-state index < -0.39 is 6.10 Å². The third kappa shape index (κ3) is 6.62. The van der Waals surface area contributed by atoms with E-state index >= 15 is 0 Å². The highest BCUT2D eigenvalue weighted by molar-refractivity contribution is 5.85. The number of fused-ring (bicyclic) bond motifs is 3. The van der Waals surface area contributed by atoms with Gasteiger partial charge in [-0.3, -0.25) is 9.80 Å². The van der Waals surface area contributed by atoms with Crippen molar-refractivity contribution in [2.75, 3.05) is 33.3 Å². The summed E-state index contributed by atoms with van der Waals surface area (Å²) in [5.74, 6) is 0.803. The fourth-order valence-electron chi connectivity index (χ4n) is 5.02. The maximum atomic E-state index is 10.4. The van der Waals surface area contributed by atoms with E-state index in [-0.39, 0.29) is 24.8 Å². The number of nitrogens with one attached hydrogen (secondary N) is 1. The maximum absolute atomic E-state index is 10.4. The van der Waals surface area contributed by atoms with Crippen LogP contribution in [0.25, 0.3) is 5.65 Å².